The molecule has 0 radical (unpaired) electrons. The molecule has 2 aliphatic heterocycles. The first-order valence-corrected chi connectivity index (χ1v) is 33.8. The topological polar surface area (TPSA) is 67.9 Å². The molecular formula is C92H60N8. The van der Waals surface area contributed by atoms with Gasteiger partial charge in [-0.3, -0.25) is 18.9 Å². The molecule has 0 fully saturated rings. The van der Waals surface area contributed by atoms with E-state index in [1.807, 2.05) is 24.3 Å². The molecule has 0 amide bonds. The summed E-state index contributed by atoms with van der Waals surface area (Å²) in [6.07, 6.45) is 0. The predicted molar refractivity (Wildman–Crippen MR) is 413 cm³/mol. The third kappa shape index (κ3) is 10.1. The number of anilines is 6. The first kappa shape index (κ1) is 57.9. The Morgan fingerprint density at radius 2 is 0.590 bits per heavy atom. The Labute approximate surface area is 578 Å². The standard InChI is InChI=1S/2C46H30N4/c1-3-15-32(16-4-1)39-30-40(33-17-5-2-6-18-33)48-46(47-39)35-20-13-21-36(28-35)49-43-27-26-31-14-7-9-22-37(31)45(43)38-23-10-12-25-42(38)50-41-24-11-8-19-34(41)29-44(49)50;1-3-14-31(15-4-1)40-30-41(32-16-5-2-6-17-32)48-46(47-40)36-21-13-22-37(26-36)49-44-28-34-19-8-7-18-33(34)27-39(44)38-23-10-12-25-43(38)50-42-24-11-9-20-35(42)29-45(49)50/h2*1-30H. The first-order chi connectivity index (χ1) is 49.6. The lowest BCUT2D eigenvalue weighted by atomic mass is 9.94. The monoisotopic (exact) mass is 1280 g/mol. The molecule has 468 valence electrons. The van der Waals surface area contributed by atoms with Gasteiger partial charge in [-0.05, 0) is 113 Å². The number of rotatable bonds is 8. The van der Waals surface area contributed by atoms with Crippen molar-refractivity contribution >= 4 is 77.7 Å². The van der Waals surface area contributed by atoms with Gasteiger partial charge in [0.2, 0.25) is 0 Å². The molecule has 100 heavy (non-hydrogen) atoms. The summed E-state index contributed by atoms with van der Waals surface area (Å²) in [5.41, 5.74) is 23.4. The van der Waals surface area contributed by atoms with Crippen LogP contribution in [0.5, 0.6) is 0 Å². The summed E-state index contributed by atoms with van der Waals surface area (Å²) in [4.78, 5) is 25.5. The molecular weight excluding hydrogens is 1220 g/mol. The Bertz CT molecular complexity index is 5860. The van der Waals surface area contributed by atoms with Crippen LogP contribution in [-0.2, 0) is 0 Å². The fourth-order valence-electron chi connectivity index (χ4n) is 14.8. The maximum absolute atomic E-state index is 5.17. The van der Waals surface area contributed by atoms with Crippen molar-refractivity contribution in [1.29, 1.82) is 0 Å². The minimum Gasteiger partial charge on any atom is -0.295 e. The molecule has 18 aromatic rings. The number of hydrogen-bond donors (Lipinski definition) is 0. The van der Waals surface area contributed by atoms with Crippen LogP contribution in [0.4, 0.5) is 34.4 Å². The normalized spacial score (nSPS) is 12.0. The molecule has 4 aromatic heterocycles. The van der Waals surface area contributed by atoms with Gasteiger partial charge in [0, 0.05) is 77.8 Å². The van der Waals surface area contributed by atoms with Crippen LogP contribution in [0, 0.1) is 0 Å². The molecule has 0 saturated carbocycles. The molecule has 0 unspecified atom stereocenters. The smallest absolute Gasteiger partial charge is 0.160 e. The third-order valence-electron chi connectivity index (χ3n) is 19.4. The van der Waals surface area contributed by atoms with Crippen LogP contribution in [0.15, 0.2) is 364 Å². The Balaban J connectivity index is 0.000000139. The van der Waals surface area contributed by atoms with Crippen molar-refractivity contribution in [3.63, 3.8) is 0 Å². The first-order valence-electron chi connectivity index (χ1n) is 33.8. The summed E-state index contributed by atoms with van der Waals surface area (Å²) in [5, 5.41) is 7.22. The van der Waals surface area contributed by atoms with E-state index in [1.165, 1.54) is 65.6 Å². The minimum atomic E-state index is 0.685. The number of aromatic nitrogens is 6. The highest BCUT2D eigenvalue weighted by atomic mass is 15.3. The Morgan fingerprint density at radius 1 is 0.210 bits per heavy atom. The Morgan fingerprint density at radius 3 is 1.09 bits per heavy atom. The number of hydrogen-bond acceptors (Lipinski definition) is 6. The average Bonchev–Trinajstić information content (AvgIpc) is 1.59. The van der Waals surface area contributed by atoms with Gasteiger partial charge < -0.3 is 0 Å². The van der Waals surface area contributed by atoms with Crippen LogP contribution >= 0.6 is 0 Å². The molecule has 20 rings (SSSR count). The highest BCUT2D eigenvalue weighted by Crippen LogP contribution is 2.53. The maximum atomic E-state index is 5.17. The van der Waals surface area contributed by atoms with Crippen LogP contribution < -0.4 is 9.80 Å². The number of nitrogens with zero attached hydrogens (tertiary/aromatic N) is 8. The fraction of sp³-hybridized carbons (Fsp3) is 0. The van der Waals surface area contributed by atoms with Gasteiger partial charge in [-0.25, -0.2) is 19.9 Å². The van der Waals surface area contributed by atoms with Crippen LogP contribution in [-0.4, -0.2) is 29.1 Å². The summed E-state index contributed by atoms with van der Waals surface area (Å²) >= 11 is 0. The molecule has 0 saturated heterocycles. The van der Waals surface area contributed by atoms with E-state index < -0.39 is 0 Å². The Hall–Kier alpha value is -13.6. The van der Waals surface area contributed by atoms with Crippen molar-refractivity contribution < 1.29 is 0 Å². The van der Waals surface area contributed by atoms with E-state index in [2.05, 4.69) is 359 Å². The van der Waals surface area contributed by atoms with Crippen molar-refractivity contribution in [2.45, 2.75) is 0 Å². The van der Waals surface area contributed by atoms with Gasteiger partial charge in [-0.15, -0.1) is 0 Å². The predicted octanol–water partition coefficient (Wildman–Crippen LogP) is 24.0. The summed E-state index contributed by atoms with van der Waals surface area (Å²) < 4.78 is 4.81. The summed E-state index contributed by atoms with van der Waals surface area (Å²) in [5.74, 6) is 3.52. The zero-order valence-electron chi connectivity index (χ0n) is 54.2. The van der Waals surface area contributed by atoms with Crippen LogP contribution in [0.25, 0.3) is 145 Å². The lowest BCUT2D eigenvalue weighted by Gasteiger charge is -2.27. The maximum Gasteiger partial charge on any atom is 0.160 e. The van der Waals surface area contributed by atoms with E-state index in [0.29, 0.717) is 11.6 Å². The van der Waals surface area contributed by atoms with E-state index in [4.69, 9.17) is 19.9 Å². The zero-order chi connectivity index (χ0) is 66.0. The van der Waals surface area contributed by atoms with Gasteiger partial charge in [-0.1, -0.05) is 273 Å². The molecule has 8 heteroatoms. The molecule has 0 spiro atoms. The molecule has 0 bridgehead atoms. The van der Waals surface area contributed by atoms with Gasteiger partial charge in [0.25, 0.3) is 0 Å². The third-order valence-corrected chi connectivity index (χ3v) is 19.4. The summed E-state index contributed by atoms with van der Waals surface area (Å²) in [6, 6.07) is 129. The Kier molecular flexibility index (Phi) is 14.0. The van der Waals surface area contributed by atoms with E-state index in [0.717, 1.165) is 102 Å². The second-order valence-corrected chi connectivity index (χ2v) is 25.4. The van der Waals surface area contributed by atoms with Crippen LogP contribution in [0.3, 0.4) is 0 Å². The largest absolute Gasteiger partial charge is 0.295 e. The second-order valence-electron chi connectivity index (χ2n) is 25.4. The van der Waals surface area contributed by atoms with E-state index in [1.54, 1.807) is 0 Å². The quantitative estimate of drug-likeness (QED) is 0.151. The molecule has 0 N–H and O–H groups in total. The molecule has 8 nitrogen and oxygen atoms in total. The van der Waals surface area contributed by atoms with E-state index >= 15 is 0 Å². The molecule has 2 aliphatic rings. The summed E-state index contributed by atoms with van der Waals surface area (Å²) in [6.45, 7) is 0. The van der Waals surface area contributed by atoms with E-state index in [-0.39, 0.29) is 0 Å². The van der Waals surface area contributed by atoms with Crippen molar-refractivity contribution in [3.05, 3.63) is 364 Å². The molecule has 6 heterocycles. The lowest BCUT2D eigenvalue weighted by Crippen LogP contribution is -2.13. The second kappa shape index (κ2) is 24.3. The van der Waals surface area contributed by atoms with E-state index in [9.17, 15) is 0 Å². The minimum absolute atomic E-state index is 0.685. The highest BCUT2D eigenvalue weighted by molar-refractivity contribution is 6.10. The zero-order valence-corrected chi connectivity index (χ0v) is 54.2. The van der Waals surface area contributed by atoms with Gasteiger partial charge in [0.1, 0.15) is 11.6 Å². The molecule has 14 aromatic carbocycles. The average molecular weight is 1280 g/mol. The van der Waals surface area contributed by atoms with Crippen molar-refractivity contribution in [2.24, 2.45) is 0 Å². The molecule has 0 atom stereocenters. The number of benzene rings is 14. The number of fused-ring (bicyclic) bond motifs is 17. The van der Waals surface area contributed by atoms with Crippen molar-refractivity contribution in [3.8, 4) is 101 Å². The van der Waals surface area contributed by atoms with Crippen LogP contribution in [0.2, 0.25) is 0 Å². The lowest BCUT2D eigenvalue weighted by molar-refractivity contribution is 1.09. The fourth-order valence-corrected chi connectivity index (χ4v) is 14.8. The summed E-state index contributed by atoms with van der Waals surface area (Å²) in [7, 11) is 0. The SMILES string of the molecule is c1ccc(-c2cc(-c3ccccc3)nc(-c3cccc(N4c5cc6ccccc6cc5-c5ccccc5-n5c4cc4ccccc45)c3)n2)cc1.c1ccc(-c2cc(-c3ccccc3)nc(-c3cccc(N4c5ccc6ccccc6c5-c5ccccc5-n5c4cc4ccccc45)c3)n2)cc1. The van der Waals surface area contributed by atoms with Gasteiger partial charge >= 0.3 is 0 Å². The van der Waals surface area contributed by atoms with Crippen molar-refractivity contribution in [2.75, 3.05) is 9.80 Å². The van der Waals surface area contributed by atoms with Crippen LogP contribution in [0.1, 0.15) is 0 Å². The van der Waals surface area contributed by atoms with Gasteiger partial charge in [-0.2, -0.15) is 0 Å². The van der Waals surface area contributed by atoms with Gasteiger partial charge in [0.05, 0.1) is 56.6 Å². The van der Waals surface area contributed by atoms with Crippen molar-refractivity contribution in [1.82, 2.24) is 29.1 Å². The van der Waals surface area contributed by atoms with Gasteiger partial charge in [0.15, 0.2) is 11.6 Å². The number of para-hydroxylation sites is 4. The molecule has 0 aliphatic carbocycles. The highest BCUT2D eigenvalue weighted by Gasteiger charge is 2.32.